The molecule has 0 radical (unpaired) electrons. The van der Waals surface area contributed by atoms with Crippen molar-refractivity contribution >= 4 is 29.1 Å². The summed E-state index contributed by atoms with van der Waals surface area (Å²) in [5.74, 6) is -0.794. The number of carbonyl (C=O) groups is 3. The van der Waals surface area contributed by atoms with E-state index in [4.69, 9.17) is 9.47 Å². The summed E-state index contributed by atoms with van der Waals surface area (Å²) < 4.78 is 10.8. The van der Waals surface area contributed by atoms with Gasteiger partial charge in [0.25, 0.3) is 17.7 Å². The number of hydrogen-bond acceptors (Lipinski definition) is 7. The molecule has 31 heavy (non-hydrogen) atoms. The lowest BCUT2D eigenvalue weighted by atomic mass is 10.1. The average Bonchev–Trinajstić information content (AvgIpc) is 3.27. The molecule has 9 nitrogen and oxygen atoms in total. The molecular weight excluding hydrogens is 402 g/mol. The lowest BCUT2D eigenvalue weighted by Gasteiger charge is -2.27. The van der Waals surface area contributed by atoms with Crippen LogP contribution in [0.4, 0.5) is 11.4 Å². The summed E-state index contributed by atoms with van der Waals surface area (Å²) in [6.45, 7) is 1.42. The maximum absolute atomic E-state index is 12.6. The summed E-state index contributed by atoms with van der Waals surface area (Å²) in [5.41, 5.74) is 2.24. The highest BCUT2D eigenvalue weighted by molar-refractivity contribution is 6.21. The average molecular weight is 423 g/mol. The third-order valence-corrected chi connectivity index (χ3v) is 5.72. The second-order valence-corrected chi connectivity index (χ2v) is 7.62. The first kappa shape index (κ1) is 19.7. The van der Waals surface area contributed by atoms with Crippen molar-refractivity contribution in [3.8, 4) is 0 Å². The second-order valence-electron chi connectivity index (χ2n) is 7.62. The molecule has 160 valence electrons. The van der Waals surface area contributed by atoms with Gasteiger partial charge in [-0.1, -0.05) is 12.1 Å². The molecule has 2 unspecified atom stereocenters. The fraction of sp³-hybridized carbons (Fsp3) is 0.318. The number of carbonyl (C=O) groups excluding carboxylic acids is 3. The van der Waals surface area contributed by atoms with Gasteiger partial charge in [0.05, 0.1) is 36.9 Å². The Balaban J connectivity index is 1.26. The number of hydrogen-bond donors (Lipinski definition) is 1. The van der Waals surface area contributed by atoms with Gasteiger partial charge in [0.15, 0.2) is 0 Å². The summed E-state index contributed by atoms with van der Waals surface area (Å²) in [4.78, 5) is 41.6. The van der Waals surface area contributed by atoms with E-state index in [1.165, 1.54) is 4.90 Å². The lowest BCUT2D eigenvalue weighted by molar-refractivity contribution is -0.125. The second kappa shape index (κ2) is 7.77. The van der Waals surface area contributed by atoms with Crippen LogP contribution in [0.15, 0.2) is 48.5 Å². The van der Waals surface area contributed by atoms with Crippen molar-refractivity contribution in [2.24, 2.45) is 0 Å². The molecule has 3 aliphatic rings. The van der Waals surface area contributed by atoms with Crippen molar-refractivity contribution in [1.82, 2.24) is 4.90 Å². The maximum Gasteiger partial charge on any atom is 0.261 e. The molecule has 3 aliphatic heterocycles. The molecule has 1 N–H and O–H groups in total. The van der Waals surface area contributed by atoms with Gasteiger partial charge in [-0.2, -0.15) is 0 Å². The highest BCUT2D eigenvalue weighted by Crippen LogP contribution is 2.29. The predicted molar refractivity (Wildman–Crippen MR) is 110 cm³/mol. The van der Waals surface area contributed by atoms with E-state index in [0.717, 1.165) is 5.69 Å². The van der Waals surface area contributed by atoms with Crippen LogP contribution in [-0.4, -0.2) is 73.1 Å². The highest BCUT2D eigenvalue weighted by atomic mass is 16.6. The van der Waals surface area contributed by atoms with Crippen LogP contribution >= 0.6 is 0 Å². The van der Waals surface area contributed by atoms with Crippen LogP contribution in [0.5, 0.6) is 0 Å². The number of rotatable bonds is 4. The molecule has 2 aromatic rings. The Bertz CT molecular complexity index is 1000. The molecule has 0 aliphatic carbocycles. The van der Waals surface area contributed by atoms with E-state index >= 15 is 0 Å². The third kappa shape index (κ3) is 3.46. The van der Waals surface area contributed by atoms with E-state index < -0.39 is 12.5 Å². The van der Waals surface area contributed by atoms with Crippen LogP contribution in [0.2, 0.25) is 0 Å². The van der Waals surface area contributed by atoms with Crippen LogP contribution < -0.4 is 9.80 Å². The Morgan fingerprint density at radius 3 is 2.23 bits per heavy atom. The van der Waals surface area contributed by atoms with Gasteiger partial charge in [0.2, 0.25) is 6.41 Å². The van der Waals surface area contributed by atoms with E-state index in [-0.39, 0.29) is 30.9 Å². The number of aliphatic hydroxyl groups is 1. The third-order valence-electron chi connectivity index (χ3n) is 5.72. The van der Waals surface area contributed by atoms with Crippen LogP contribution in [0.3, 0.4) is 0 Å². The van der Waals surface area contributed by atoms with E-state index in [9.17, 15) is 19.5 Å². The molecular formula is C22H21N3O6. The summed E-state index contributed by atoms with van der Waals surface area (Å²) in [6.07, 6.45) is -1.73. The van der Waals surface area contributed by atoms with Crippen molar-refractivity contribution < 1.29 is 29.0 Å². The number of morpholine rings is 1. The number of imide groups is 1. The summed E-state index contributed by atoms with van der Waals surface area (Å²) in [7, 11) is 0. The van der Waals surface area contributed by atoms with Gasteiger partial charge >= 0.3 is 0 Å². The zero-order valence-electron chi connectivity index (χ0n) is 16.6. The van der Waals surface area contributed by atoms with Gasteiger partial charge in [0, 0.05) is 17.9 Å². The monoisotopic (exact) mass is 423 g/mol. The molecule has 5 rings (SSSR count). The number of ether oxygens (including phenoxy) is 2. The Morgan fingerprint density at radius 2 is 1.58 bits per heavy atom. The zero-order valence-corrected chi connectivity index (χ0v) is 16.6. The Hall–Kier alpha value is -3.27. The standard InChI is InChI=1S/C22H21N3O6/c26-19-13-30-10-9-23(19)14-5-7-15(8-6-14)24-11-16(31-22(24)29)12-25-20(27)17-3-1-2-4-18(17)21(25)28/h1-8,16,22,29H,9-13H2. The van der Waals surface area contributed by atoms with Gasteiger partial charge in [-0.15, -0.1) is 0 Å². The fourth-order valence-electron chi connectivity index (χ4n) is 4.16. The summed E-state index contributed by atoms with van der Waals surface area (Å²) >= 11 is 0. The van der Waals surface area contributed by atoms with Crippen molar-refractivity contribution in [3.63, 3.8) is 0 Å². The Kier molecular flexibility index (Phi) is 4.93. The quantitative estimate of drug-likeness (QED) is 0.727. The predicted octanol–water partition coefficient (Wildman–Crippen LogP) is 0.827. The molecule has 2 saturated heterocycles. The molecule has 0 saturated carbocycles. The first-order valence-electron chi connectivity index (χ1n) is 10.1. The van der Waals surface area contributed by atoms with Crippen LogP contribution in [0, 0.1) is 0 Å². The number of nitrogens with zero attached hydrogens (tertiary/aromatic N) is 3. The van der Waals surface area contributed by atoms with Crippen LogP contribution in [-0.2, 0) is 14.3 Å². The molecule has 3 heterocycles. The molecule has 0 spiro atoms. The minimum Gasteiger partial charge on any atom is -0.370 e. The minimum absolute atomic E-state index is 0.0558. The first-order valence-corrected chi connectivity index (χ1v) is 10.1. The van der Waals surface area contributed by atoms with Gasteiger partial charge < -0.3 is 24.4 Å². The molecule has 0 aromatic heterocycles. The van der Waals surface area contributed by atoms with Gasteiger partial charge in [0.1, 0.15) is 6.61 Å². The van der Waals surface area contributed by atoms with Gasteiger partial charge in [-0.05, 0) is 36.4 Å². The molecule has 2 aromatic carbocycles. The number of benzene rings is 2. The van der Waals surface area contributed by atoms with Crippen LogP contribution in [0.25, 0.3) is 0 Å². The lowest BCUT2D eigenvalue weighted by Crippen LogP contribution is -2.41. The topological polar surface area (TPSA) is 99.6 Å². The normalized spacial score (nSPS) is 23.6. The van der Waals surface area contributed by atoms with Crippen LogP contribution in [0.1, 0.15) is 20.7 Å². The van der Waals surface area contributed by atoms with Crippen molar-refractivity contribution in [1.29, 1.82) is 0 Å². The first-order chi connectivity index (χ1) is 15.0. The molecule has 2 atom stereocenters. The smallest absolute Gasteiger partial charge is 0.261 e. The summed E-state index contributed by atoms with van der Waals surface area (Å²) in [5, 5.41) is 10.4. The van der Waals surface area contributed by atoms with Gasteiger partial charge in [-0.3, -0.25) is 19.3 Å². The van der Waals surface area contributed by atoms with E-state index in [0.29, 0.717) is 36.5 Å². The fourth-order valence-corrected chi connectivity index (χ4v) is 4.16. The number of fused-ring (bicyclic) bond motifs is 1. The van der Waals surface area contributed by atoms with Crippen molar-refractivity contribution in [3.05, 3.63) is 59.7 Å². The van der Waals surface area contributed by atoms with Crippen molar-refractivity contribution in [2.45, 2.75) is 12.5 Å². The number of amides is 3. The van der Waals surface area contributed by atoms with E-state index in [2.05, 4.69) is 0 Å². The molecule has 2 fully saturated rings. The highest BCUT2D eigenvalue weighted by Gasteiger charge is 2.40. The summed E-state index contributed by atoms with van der Waals surface area (Å²) in [6, 6.07) is 13.9. The zero-order chi connectivity index (χ0) is 21.5. The van der Waals surface area contributed by atoms with Crippen molar-refractivity contribution in [2.75, 3.05) is 42.6 Å². The number of aliphatic hydroxyl groups excluding tert-OH is 1. The SMILES string of the molecule is O=C1c2ccccc2C(=O)N1CC1CN(c2ccc(N3CCOCC3=O)cc2)C(O)O1. The minimum atomic E-state index is -1.20. The number of anilines is 2. The largest absolute Gasteiger partial charge is 0.370 e. The molecule has 3 amide bonds. The maximum atomic E-state index is 12.6. The van der Waals surface area contributed by atoms with E-state index in [1.54, 1.807) is 46.2 Å². The Morgan fingerprint density at radius 1 is 0.935 bits per heavy atom. The Labute approximate surface area is 178 Å². The van der Waals surface area contributed by atoms with Gasteiger partial charge in [-0.25, -0.2) is 0 Å². The molecule has 9 heteroatoms. The van der Waals surface area contributed by atoms with E-state index in [1.807, 2.05) is 12.1 Å². The molecule has 0 bridgehead atoms.